The average Bonchev–Trinajstić information content (AvgIpc) is 3.27. The number of hydrogen-bond acceptors (Lipinski definition) is 7. The highest BCUT2D eigenvalue weighted by Crippen LogP contribution is 2.55. The predicted octanol–water partition coefficient (Wildman–Crippen LogP) is 4.48. The van der Waals surface area contributed by atoms with Crippen molar-refractivity contribution in [1.29, 1.82) is 0 Å². The van der Waals surface area contributed by atoms with Crippen LogP contribution < -0.4 is 9.80 Å². The zero-order valence-electron chi connectivity index (χ0n) is 24.6. The van der Waals surface area contributed by atoms with Gasteiger partial charge in [-0.3, -0.25) is 24.1 Å². The first-order valence-electron chi connectivity index (χ1n) is 15.0. The van der Waals surface area contributed by atoms with Crippen LogP contribution in [0.3, 0.4) is 0 Å². The molecule has 1 N–H and O–H groups in total. The van der Waals surface area contributed by atoms with Crippen LogP contribution in [0.4, 0.5) is 11.4 Å². The lowest BCUT2D eigenvalue weighted by atomic mass is 9.59. The van der Waals surface area contributed by atoms with Gasteiger partial charge in [-0.2, -0.15) is 0 Å². The number of rotatable bonds is 3. The van der Waals surface area contributed by atoms with E-state index in [1.165, 1.54) is 11.0 Å². The number of aryl methyl sites for hydroxylation is 2. The van der Waals surface area contributed by atoms with Crippen LogP contribution in [0.25, 0.3) is 0 Å². The Balaban J connectivity index is 1.28. The number of ether oxygens (including phenoxy) is 1. The maximum absolute atomic E-state index is 14.2. The van der Waals surface area contributed by atoms with E-state index < -0.39 is 23.7 Å². The Morgan fingerprint density at radius 1 is 0.860 bits per heavy atom. The molecule has 3 aliphatic carbocycles. The molecule has 2 aromatic carbocycles. The molecule has 220 valence electrons. The van der Waals surface area contributed by atoms with Gasteiger partial charge in [0.1, 0.15) is 5.75 Å². The summed E-state index contributed by atoms with van der Waals surface area (Å²) in [6.45, 7) is 8.17. The van der Waals surface area contributed by atoms with E-state index in [0.29, 0.717) is 53.2 Å². The first-order valence-corrected chi connectivity index (χ1v) is 15.0. The van der Waals surface area contributed by atoms with Crippen molar-refractivity contribution in [1.82, 2.24) is 0 Å². The number of anilines is 2. The lowest BCUT2D eigenvalue weighted by molar-refractivity contribution is -0.123. The van der Waals surface area contributed by atoms with Gasteiger partial charge >= 0.3 is 0 Å². The number of amides is 2. The van der Waals surface area contributed by atoms with E-state index in [1.807, 2.05) is 56.3 Å². The lowest BCUT2D eigenvalue weighted by Crippen LogP contribution is -2.39. The topological polar surface area (TPSA) is 104 Å². The van der Waals surface area contributed by atoms with Gasteiger partial charge in [0.15, 0.2) is 11.6 Å². The number of phenols is 1. The highest BCUT2D eigenvalue weighted by Gasteiger charge is 2.56. The normalized spacial score (nSPS) is 27.1. The highest BCUT2D eigenvalue weighted by atomic mass is 16.5. The monoisotopic (exact) mass is 578 g/mol. The fraction of sp³-hybridized carbons (Fsp3) is 0.371. The summed E-state index contributed by atoms with van der Waals surface area (Å²) in [4.78, 5) is 58.6. The Kier molecular flexibility index (Phi) is 6.50. The minimum atomic E-state index is -0.628. The zero-order valence-corrected chi connectivity index (χ0v) is 24.6. The number of carbonyl (C=O) groups is 4. The second-order valence-electron chi connectivity index (χ2n) is 12.4. The zero-order chi connectivity index (χ0) is 30.2. The van der Waals surface area contributed by atoms with Gasteiger partial charge < -0.3 is 14.7 Å². The molecule has 0 radical (unpaired) electrons. The molecule has 7 rings (SSSR count). The predicted molar refractivity (Wildman–Crippen MR) is 161 cm³/mol. The number of Topliss-reactive ketones (excluding diaryl/α,β-unsaturated/α-hetero) is 1. The van der Waals surface area contributed by atoms with Crippen LogP contribution in [0.2, 0.25) is 0 Å². The SMILES string of the molecule is CC1=CC(=O)C2=C(CC3C(=CCC4C(=O)N(c5ccc(N6CCOCC6)cc5)C(=O)C43)C2c2cc(C)c(O)c(C)c2)C1=O. The molecule has 2 fully saturated rings. The van der Waals surface area contributed by atoms with Crippen LogP contribution in [-0.2, 0) is 23.9 Å². The number of allylic oxidation sites excluding steroid dienone is 6. The molecule has 2 aromatic rings. The Labute approximate surface area is 250 Å². The fourth-order valence-electron chi connectivity index (χ4n) is 7.81. The summed E-state index contributed by atoms with van der Waals surface area (Å²) >= 11 is 0. The fourth-order valence-corrected chi connectivity index (χ4v) is 7.81. The van der Waals surface area contributed by atoms with E-state index in [-0.39, 0.29) is 35.6 Å². The molecule has 0 spiro atoms. The number of phenolic OH excluding ortho intramolecular Hbond substituents is 1. The van der Waals surface area contributed by atoms with Crippen molar-refractivity contribution in [2.24, 2.45) is 17.8 Å². The van der Waals surface area contributed by atoms with E-state index in [4.69, 9.17) is 4.74 Å². The molecule has 2 saturated heterocycles. The van der Waals surface area contributed by atoms with Crippen LogP contribution in [0.5, 0.6) is 5.75 Å². The maximum Gasteiger partial charge on any atom is 0.238 e. The van der Waals surface area contributed by atoms with E-state index in [9.17, 15) is 24.3 Å². The summed E-state index contributed by atoms with van der Waals surface area (Å²) in [5.41, 5.74) is 5.90. The van der Waals surface area contributed by atoms with Gasteiger partial charge in [-0.05, 0) is 86.6 Å². The molecule has 2 heterocycles. The molecule has 43 heavy (non-hydrogen) atoms. The summed E-state index contributed by atoms with van der Waals surface area (Å²) in [5.74, 6) is -2.75. The number of imide groups is 1. The van der Waals surface area contributed by atoms with Crippen molar-refractivity contribution >= 4 is 34.8 Å². The minimum absolute atomic E-state index is 0.180. The number of carbonyl (C=O) groups excluding carboxylic acids is 4. The van der Waals surface area contributed by atoms with Gasteiger partial charge in [0.05, 0.1) is 30.7 Å². The Bertz CT molecular complexity index is 1670. The van der Waals surface area contributed by atoms with Crippen LogP contribution in [0.15, 0.2) is 70.8 Å². The molecule has 8 heteroatoms. The first-order chi connectivity index (χ1) is 20.7. The second kappa shape index (κ2) is 10.2. The van der Waals surface area contributed by atoms with E-state index in [0.717, 1.165) is 29.9 Å². The molecular formula is C35H34N2O6. The van der Waals surface area contributed by atoms with Crippen LogP contribution in [0, 0.1) is 31.6 Å². The van der Waals surface area contributed by atoms with Crippen molar-refractivity contribution in [3.63, 3.8) is 0 Å². The highest BCUT2D eigenvalue weighted by molar-refractivity contribution is 6.25. The molecule has 2 amide bonds. The number of morpholine rings is 1. The Morgan fingerprint density at radius 3 is 2.19 bits per heavy atom. The van der Waals surface area contributed by atoms with Crippen molar-refractivity contribution in [3.05, 3.63) is 87.5 Å². The summed E-state index contributed by atoms with van der Waals surface area (Å²) in [7, 11) is 0. The van der Waals surface area contributed by atoms with Gasteiger partial charge in [-0.15, -0.1) is 0 Å². The Morgan fingerprint density at radius 2 is 1.51 bits per heavy atom. The third-order valence-electron chi connectivity index (χ3n) is 9.89. The van der Waals surface area contributed by atoms with Gasteiger partial charge in [0.2, 0.25) is 11.8 Å². The number of aromatic hydroxyl groups is 1. The first kappa shape index (κ1) is 27.5. The van der Waals surface area contributed by atoms with Crippen molar-refractivity contribution in [2.45, 2.75) is 39.5 Å². The van der Waals surface area contributed by atoms with Crippen LogP contribution >= 0.6 is 0 Å². The quantitative estimate of drug-likeness (QED) is 0.325. The Hall–Kier alpha value is -4.30. The number of ketones is 2. The summed E-state index contributed by atoms with van der Waals surface area (Å²) in [6.07, 6.45) is 4.06. The third-order valence-corrected chi connectivity index (χ3v) is 9.89. The van der Waals surface area contributed by atoms with E-state index in [2.05, 4.69) is 4.90 Å². The van der Waals surface area contributed by atoms with Crippen LogP contribution in [-0.4, -0.2) is 54.8 Å². The molecule has 0 saturated carbocycles. The van der Waals surface area contributed by atoms with E-state index in [1.54, 1.807) is 6.92 Å². The molecule has 4 atom stereocenters. The lowest BCUT2D eigenvalue weighted by Gasteiger charge is -2.42. The molecule has 2 aliphatic heterocycles. The molecule has 4 unspecified atom stereocenters. The number of hydrogen-bond donors (Lipinski definition) is 1. The third kappa shape index (κ3) is 4.22. The molecule has 8 nitrogen and oxygen atoms in total. The number of benzene rings is 2. The van der Waals surface area contributed by atoms with Gasteiger partial charge in [-0.25, -0.2) is 0 Å². The smallest absolute Gasteiger partial charge is 0.238 e. The maximum atomic E-state index is 14.2. The van der Waals surface area contributed by atoms with Crippen molar-refractivity contribution < 1.29 is 29.0 Å². The second-order valence-corrected chi connectivity index (χ2v) is 12.4. The van der Waals surface area contributed by atoms with E-state index >= 15 is 0 Å². The minimum Gasteiger partial charge on any atom is -0.507 e. The summed E-state index contributed by atoms with van der Waals surface area (Å²) in [6, 6.07) is 11.3. The van der Waals surface area contributed by atoms with Crippen LogP contribution in [0.1, 0.15) is 42.4 Å². The standard InChI is InChI=1S/C35H34N2O6/c1-18-14-21(15-19(2)32(18)39)29-24-8-9-25-30(26(24)17-27-31(29)28(38)16-20(3)33(27)40)35(42)37(34(25)41)23-6-4-22(5-7-23)36-10-12-43-13-11-36/h4-8,14-16,25-26,29-30,39H,9-13,17H2,1-3H3. The number of fused-ring (bicyclic) bond motifs is 3. The largest absolute Gasteiger partial charge is 0.507 e. The van der Waals surface area contributed by atoms with Gasteiger partial charge in [0, 0.05) is 41.4 Å². The molecular weight excluding hydrogens is 544 g/mol. The van der Waals surface area contributed by atoms with Crippen molar-refractivity contribution in [3.8, 4) is 5.75 Å². The summed E-state index contributed by atoms with van der Waals surface area (Å²) in [5, 5.41) is 10.5. The molecule has 0 aromatic heterocycles. The average molecular weight is 579 g/mol. The number of nitrogens with zero attached hydrogens (tertiary/aromatic N) is 2. The van der Waals surface area contributed by atoms with Gasteiger partial charge in [-0.1, -0.05) is 23.8 Å². The van der Waals surface area contributed by atoms with Crippen molar-refractivity contribution in [2.75, 3.05) is 36.1 Å². The molecule has 0 bridgehead atoms. The summed E-state index contributed by atoms with van der Waals surface area (Å²) < 4.78 is 5.45. The molecule has 5 aliphatic rings. The van der Waals surface area contributed by atoms with Gasteiger partial charge in [0.25, 0.3) is 0 Å².